The first-order valence-electron chi connectivity index (χ1n) is 8.58. The fraction of sp³-hybridized carbons (Fsp3) is 0.350. The fourth-order valence-electron chi connectivity index (χ4n) is 3.14. The van der Waals surface area contributed by atoms with Crippen molar-refractivity contribution in [2.45, 2.75) is 18.8 Å². The van der Waals surface area contributed by atoms with Crippen molar-refractivity contribution in [1.29, 1.82) is 0 Å². The monoisotopic (exact) mass is 404 g/mol. The van der Waals surface area contributed by atoms with Crippen LogP contribution in [0.1, 0.15) is 27.6 Å². The highest BCUT2D eigenvalue weighted by atomic mass is 16.8. The summed E-state index contributed by atoms with van der Waals surface area (Å²) in [5.41, 5.74) is -2.28. The molecule has 9 nitrogen and oxygen atoms in total. The standard InChI is InChI=1S/C20H20O9/c1-6-7-12-15(26-4)17(22)20(19(28-12)29-20)16(21)14-11(18(23)27-5)8-10(24-2)9-13(14)25-3/h6-9,19H,1-5H3. The maximum absolute atomic E-state index is 13.5. The van der Waals surface area contributed by atoms with E-state index in [4.69, 9.17) is 28.4 Å². The van der Waals surface area contributed by atoms with Crippen LogP contribution in [-0.2, 0) is 23.7 Å². The molecule has 0 amide bonds. The molecule has 0 aliphatic carbocycles. The number of carbonyl (C=O) groups excluding carboxylic acids is 3. The summed E-state index contributed by atoms with van der Waals surface area (Å²) in [4.78, 5) is 38.9. The van der Waals surface area contributed by atoms with Crippen molar-refractivity contribution in [3.05, 3.63) is 46.9 Å². The van der Waals surface area contributed by atoms with Crippen LogP contribution < -0.4 is 9.47 Å². The van der Waals surface area contributed by atoms with Crippen LogP contribution in [0.2, 0.25) is 0 Å². The molecule has 29 heavy (non-hydrogen) atoms. The highest BCUT2D eigenvalue weighted by molar-refractivity contribution is 6.27. The van der Waals surface area contributed by atoms with Crippen LogP contribution in [0.25, 0.3) is 0 Å². The first-order chi connectivity index (χ1) is 13.9. The van der Waals surface area contributed by atoms with Crippen molar-refractivity contribution >= 4 is 17.5 Å². The Morgan fingerprint density at radius 2 is 1.83 bits per heavy atom. The Kier molecular flexibility index (Phi) is 5.34. The van der Waals surface area contributed by atoms with E-state index in [1.807, 2.05) is 0 Å². The minimum Gasteiger partial charge on any atom is -0.497 e. The zero-order valence-electron chi connectivity index (χ0n) is 16.6. The molecule has 2 aliphatic heterocycles. The molecule has 2 unspecified atom stereocenters. The highest BCUT2D eigenvalue weighted by Gasteiger charge is 2.74. The molecule has 0 spiro atoms. The highest BCUT2D eigenvalue weighted by Crippen LogP contribution is 2.49. The van der Waals surface area contributed by atoms with E-state index in [1.54, 1.807) is 13.0 Å². The number of hydrogen-bond acceptors (Lipinski definition) is 9. The number of ketones is 2. The molecular weight excluding hydrogens is 384 g/mol. The van der Waals surface area contributed by atoms with E-state index >= 15 is 0 Å². The Morgan fingerprint density at radius 1 is 1.10 bits per heavy atom. The van der Waals surface area contributed by atoms with Crippen molar-refractivity contribution in [3.8, 4) is 11.5 Å². The SMILES string of the molecule is CC=CC1=C(OC)C(=O)C2(C(=O)c3c(OC)cc(OC)cc3C(=O)OC)OC2O1. The zero-order chi connectivity index (χ0) is 21.3. The van der Waals surface area contributed by atoms with Crippen LogP contribution in [0.15, 0.2) is 35.8 Å². The molecule has 9 heteroatoms. The van der Waals surface area contributed by atoms with Crippen LogP contribution in [0.4, 0.5) is 0 Å². The van der Waals surface area contributed by atoms with Gasteiger partial charge in [0.1, 0.15) is 11.5 Å². The molecule has 154 valence electrons. The number of epoxide rings is 1. The van der Waals surface area contributed by atoms with Gasteiger partial charge in [0.2, 0.25) is 23.6 Å². The van der Waals surface area contributed by atoms with Gasteiger partial charge in [0.15, 0.2) is 5.76 Å². The molecule has 0 bridgehead atoms. The van der Waals surface area contributed by atoms with Crippen LogP contribution in [-0.4, -0.2) is 57.9 Å². The number of esters is 1. The lowest BCUT2D eigenvalue weighted by Gasteiger charge is -2.21. The summed E-state index contributed by atoms with van der Waals surface area (Å²) in [6.07, 6.45) is 2.03. The molecule has 2 heterocycles. The third kappa shape index (κ3) is 3.03. The van der Waals surface area contributed by atoms with Crippen molar-refractivity contribution < 1.29 is 42.8 Å². The largest absolute Gasteiger partial charge is 0.497 e. The molecule has 3 rings (SSSR count). The molecule has 0 aromatic heterocycles. The Labute approximate surface area is 166 Å². The number of benzene rings is 1. The zero-order valence-corrected chi connectivity index (χ0v) is 16.6. The molecular formula is C20H20O9. The molecule has 0 saturated carbocycles. The van der Waals surface area contributed by atoms with Crippen molar-refractivity contribution in [3.63, 3.8) is 0 Å². The third-order valence-electron chi connectivity index (χ3n) is 4.59. The average Bonchev–Trinajstić information content (AvgIpc) is 3.48. The van der Waals surface area contributed by atoms with Gasteiger partial charge in [0.25, 0.3) is 5.60 Å². The van der Waals surface area contributed by atoms with Gasteiger partial charge in [0.05, 0.1) is 39.6 Å². The number of rotatable bonds is 7. The van der Waals surface area contributed by atoms with Gasteiger partial charge in [-0.1, -0.05) is 6.08 Å². The first-order valence-corrected chi connectivity index (χ1v) is 8.58. The van der Waals surface area contributed by atoms with Crippen LogP contribution in [0, 0.1) is 0 Å². The van der Waals surface area contributed by atoms with E-state index in [0.29, 0.717) is 0 Å². The summed E-state index contributed by atoms with van der Waals surface area (Å²) in [5.74, 6) is -2.03. The van der Waals surface area contributed by atoms with E-state index in [9.17, 15) is 14.4 Å². The predicted molar refractivity (Wildman–Crippen MR) is 97.8 cm³/mol. The van der Waals surface area contributed by atoms with Crippen LogP contribution >= 0.6 is 0 Å². The van der Waals surface area contributed by atoms with Gasteiger partial charge in [-0.3, -0.25) is 9.59 Å². The van der Waals surface area contributed by atoms with Gasteiger partial charge in [-0.05, 0) is 19.1 Å². The Bertz CT molecular complexity index is 944. The molecule has 1 fully saturated rings. The topological polar surface area (TPSA) is 110 Å². The summed E-state index contributed by atoms with van der Waals surface area (Å²) in [5, 5.41) is 0. The van der Waals surface area contributed by atoms with Crippen molar-refractivity contribution in [2.24, 2.45) is 0 Å². The van der Waals surface area contributed by atoms with Crippen molar-refractivity contribution in [2.75, 3.05) is 28.4 Å². The lowest BCUT2D eigenvalue weighted by Crippen LogP contribution is -2.42. The van der Waals surface area contributed by atoms with Gasteiger partial charge < -0.3 is 28.4 Å². The number of hydrogen-bond donors (Lipinski definition) is 0. The average molecular weight is 404 g/mol. The van der Waals surface area contributed by atoms with Gasteiger partial charge in [-0.2, -0.15) is 0 Å². The first kappa shape index (κ1) is 20.4. The van der Waals surface area contributed by atoms with E-state index in [-0.39, 0.29) is 34.1 Å². The second kappa shape index (κ2) is 7.59. The minimum absolute atomic E-state index is 0.0216. The predicted octanol–water partition coefficient (Wildman–Crippen LogP) is 1.80. The molecule has 1 saturated heterocycles. The second-order valence-electron chi connectivity index (χ2n) is 6.10. The number of methoxy groups -OCH3 is 4. The number of allylic oxidation sites excluding steroid dienone is 2. The Morgan fingerprint density at radius 3 is 2.38 bits per heavy atom. The number of carbonyl (C=O) groups is 3. The second-order valence-corrected chi connectivity index (χ2v) is 6.10. The van der Waals surface area contributed by atoms with Gasteiger partial charge >= 0.3 is 5.97 Å². The summed E-state index contributed by atoms with van der Waals surface area (Å²) < 4.78 is 31.3. The van der Waals surface area contributed by atoms with E-state index < -0.39 is 29.4 Å². The molecule has 2 aliphatic rings. The maximum Gasteiger partial charge on any atom is 0.338 e. The fourth-order valence-corrected chi connectivity index (χ4v) is 3.14. The third-order valence-corrected chi connectivity index (χ3v) is 4.59. The summed E-state index contributed by atoms with van der Waals surface area (Å²) in [6.45, 7) is 1.74. The van der Waals surface area contributed by atoms with Crippen LogP contribution in [0.5, 0.6) is 11.5 Å². The normalized spacial score (nSPS) is 22.7. The number of fused-ring (bicyclic) bond motifs is 1. The smallest absolute Gasteiger partial charge is 0.338 e. The maximum atomic E-state index is 13.5. The van der Waals surface area contributed by atoms with Gasteiger partial charge in [0, 0.05) is 6.07 Å². The summed E-state index contributed by atoms with van der Waals surface area (Å²) >= 11 is 0. The van der Waals surface area contributed by atoms with E-state index in [2.05, 4.69) is 0 Å². The van der Waals surface area contributed by atoms with E-state index in [0.717, 1.165) is 0 Å². The van der Waals surface area contributed by atoms with Crippen molar-refractivity contribution in [1.82, 2.24) is 0 Å². The lowest BCUT2D eigenvalue weighted by atomic mass is 9.87. The quantitative estimate of drug-likeness (QED) is 0.291. The lowest BCUT2D eigenvalue weighted by molar-refractivity contribution is -0.123. The number of ether oxygens (including phenoxy) is 6. The summed E-state index contributed by atoms with van der Waals surface area (Å²) in [6, 6.07) is 2.74. The molecule has 0 N–H and O–H groups in total. The molecule has 2 atom stereocenters. The summed E-state index contributed by atoms with van der Waals surface area (Å²) in [7, 11) is 5.17. The Balaban J connectivity index is 2.15. The molecule has 0 radical (unpaired) electrons. The minimum atomic E-state index is -1.97. The van der Waals surface area contributed by atoms with Gasteiger partial charge in [-0.15, -0.1) is 0 Å². The molecule has 1 aromatic carbocycles. The number of Topliss-reactive ketones (excluding diaryl/α,β-unsaturated/α-hetero) is 2. The van der Waals surface area contributed by atoms with E-state index in [1.165, 1.54) is 46.6 Å². The van der Waals surface area contributed by atoms with Crippen LogP contribution in [0.3, 0.4) is 0 Å². The molecule has 1 aromatic rings. The van der Waals surface area contributed by atoms with Gasteiger partial charge in [-0.25, -0.2) is 4.79 Å². The Hall–Kier alpha value is -3.33.